The largest absolute Gasteiger partial charge is 0.444 e. The maximum absolute atomic E-state index is 11.9. The predicted octanol–water partition coefficient (Wildman–Crippen LogP) is 1.78. The third-order valence-electron chi connectivity index (χ3n) is 4.16. The van der Waals surface area contributed by atoms with Crippen molar-refractivity contribution < 1.29 is 24.0 Å². The number of ether oxygens (including phenoxy) is 2. The van der Waals surface area contributed by atoms with E-state index in [1.807, 2.05) is 30.3 Å². The highest BCUT2D eigenvalue weighted by molar-refractivity contribution is 5.78. The van der Waals surface area contributed by atoms with Gasteiger partial charge in [0.25, 0.3) is 11.6 Å². The van der Waals surface area contributed by atoms with Crippen LogP contribution < -0.4 is 10.9 Å². The molecule has 0 aliphatic carbocycles. The van der Waals surface area contributed by atoms with Crippen LogP contribution in [0.5, 0.6) is 0 Å². The van der Waals surface area contributed by atoms with Gasteiger partial charge in [-0.15, -0.1) is 10.2 Å². The number of carbonyl (C=O) groups excluding carboxylic acids is 2. The van der Waals surface area contributed by atoms with Gasteiger partial charge in [0.15, 0.2) is 0 Å². The summed E-state index contributed by atoms with van der Waals surface area (Å²) < 4.78 is 10.3. The van der Waals surface area contributed by atoms with Crippen molar-refractivity contribution in [2.24, 2.45) is 0 Å². The second-order valence-electron chi connectivity index (χ2n) is 6.69. The topological polar surface area (TPSA) is 163 Å². The number of benzene rings is 2. The predicted molar refractivity (Wildman–Crippen MR) is 118 cm³/mol. The molecular formula is C21H21N7O6. The van der Waals surface area contributed by atoms with Crippen LogP contribution in [0.1, 0.15) is 5.56 Å². The van der Waals surface area contributed by atoms with Gasteiger partial charge in [0, 0.05) is 17.7 Å². The van der Waals surface area contributed by atoms with E-state index in [-0.39, 0.29) is 24.7 Å². The first-order valence-electron chi connectivity index (χ1n) is 10.0. The fourth-order valence-electron chi connectivity index (χ4n) is 2.59. The number of nitrogens with zero attached hydrogens (tertiary/aromatic N) is 5. The molecule has 0 spiro atoms. The maximum atomic E-state index is 11.9. The molecule has 3 rings (SSSR count). The first-order chi connectivity index (χ1) is 16.5. The Morgan fingerprint density at radius 3 is 2.65 bits per heavy atom. The van der Waals surface area contributed by atoms with Gasteiger partial charge >= 0.3 is 6.09 Å². The highest BCUT2D eigenvalue weighted by atomic mass is 16.6. The molecule has 0 bridgehead atoms. The molecule has 34 heavy (non-hydrogen) atoms. The monoisotopic (exact) mass is 467 g/mol. The van der Waals surface area contributed by atoms with E-state index in [4.69, 9.17) is 9.47 Å². The molecule has 0 radical (unpaired) electrons. The van der Waals surface area contributed by atoms with Crippen LogP contribution in [0.15, 0.2) is 66.7 Å². The van der Waals surface area contributed by atoms with E-state index >= 15 is 0 Å². The first-order valence-corrected chi connectivity index (χ1v) is 10.0. The molecule has 0 aliphatic rings. The quantitative estimate of drug-likeness (QED) is 0.196. The minimum atomic E-state index is -0.855. The second-order valence-corrected chi connectivity index (χ2v) is 6.69. The van der Waals surface area contributed by atoms with E-state index in [0.717, 1.165) is 10.4 Å². The summed E-state index contributed by atoms with van der Waals surface area (Å²) in [5.74, 6) is -0.520. The Hall–Kier alpha value is -4.65. The molecule has 13 heteroatoms. The summed E-state index contributed by atoms with van der Waals surface area (Å²) in [6, 6.07) is 15.4. The van der Waals surface area contributed by atoms with Gasteiger partial charge < -0.3 is 9.47 Å². The fourth-order valence-corrected chi connectivity index (χ4v) is 2.59. The average molecular weight is 467 g/mol. The maximum Gasteiger partial charge on any atom is 0.426 e. The molecule has 1 aromatic heterocycles. The zero-order valence-electron chi connectivity index (χ0n) is 17.9. The zero-order chi connectivity index (χ0) is 24.2. The van der Waals surface area contributed by atoms with E-state index in [1.54, 1.807) is 18.2 Å². The van der Waals surface area contributed by atoms with Gasteiger partial charge in [-0.2, -0.15) is 4.80 Å². The van der Waals surface area contributed by atoms with Crippen LogP contribution in [0.2, 0.25) is 0 Å². The molecule has 0 unspecified atom stereocenters. The molecule has 2 amide bonds. The van der Waals surface area contributed by atoms with Crippen molar-refractivity contribution in [3.63, 3.8) is 0 Å². The van der Waals surface area contributed by atoms with Gasteiger partial charge in [-0.1, -0.05) is 48.5 Å². The van der Waals surface area contributed by atoms with Crippen LogP contribution >= 0.6 is 0 Å². The first kappa shape index (κ1) is 24.0. The zero-order valence-corrected chi connectivity index (χ0v) is 17.9. The van der Waals surface area contributed by atoms with Crippen LogP contribution in [-0.4, -0.2) is 50.3 Å². The Morgan fingerprint density at radius 2 is 1.85 bits per heavy atom. The van der Waals surface area contributed by atoms with Gasteiger partial charge in [0.2, 0.25) is 5.82 Å². The van der Waals surface area contributed by atoms with E-state index in [0.29, 0.717) is 18.8 Å². The van der Waals surface area contributed by atoms with Crippen LogP contribution in [-0.2, 0) is 27.4 Å². The SMILES string of the molecule is O=C(Cn1nnc(-c2cccc([N+](=O)[O-])c2)n1)NNC(=O)OCC=CCOCc1ccccc1. The molecule has 1 heterocycles. The van der Waals surface area contributed by atoms with Gasteiger partial charge in [-0.05, 0) is 16.9 Å². The molecule has 0 atom stereocenters. The number of aromatic nitrogens is 4. The lowest BCUT2D eigenvalue weighted by atomic mass is 10.2. The van der Waals surface area contributed by atoms with Gasteiger partial charge in [0.1, 0.15) is 13.2 Å². The van der Waals surface area contributed by atoms with Crippen molar-refractivity contribution in [2.45, 2.75) is 13.2 Å². The number of rotatable bonds is 10. The molecule has 176 valence electrons. The number of nitro benzene ring substituents is 1. The summed E-state index contributed by atoms with van der Waals surface area (Å²) >= 11 is 0. The molecule has 0 saturated heterocycles. The molecule has 2 N–H and O–H groups in total. The second kappa shape index (κ2) is 12.4. The van der Waals surface area contributed by atoms with Crippen LogP contribution in [0.25, 0.3) is 11.4 Å². The minimum absolute atomic E-state index is 0.00634. The number of amides is 2. The van der Waals surface area contributed by atoms with Gasteiger partial charge in [-0.3, -0.25) is 20.3 Å². The van der Waals surface area contributed by atoms with Crippen molar-refractivity contribution in [1.29, 1.82) is 0 Å². The normalized spacial score (nSPS) is 10.7. The smallest absolute Gasteiger partial charge is 0.426 e. The minimum Gasteiger partial charge on any atom is -0.444 e. The van der Waals surface area contributed by atoms with E-state index in [1.165, 1.54) is 18.2 Å². The van der Waals surface area contributed by atoms with Crippen LogP contribution in [0.3, 0.4) is 0 Å². The number of nitro groups is 1. The average Bonchev–Trinajstić information content (AvgIpc) is 3.31. The lowest BCUT2D eigenvalue weighted by Gasteiger charge is -2.06. The Bertz CT molecular complexity index is 1150. The standard InChI is InChI=1S/C21H21N7O6/c29-19(14-27-25-20(23-26-27)17-9-6-10-18(13-17)28(31)32)22-24-21(30)34-12-5-4-11-33-15-16-7-2-1-3-8-16/h1-10,13H,11-12,14-15H2,(H,22,29)(H,24,30). The molecule has 13 nitrogen and oxygen atoms in total. The Labute approximate surface area is 193 Å². The Morgan fingerprint density at radius 1 is 1.06 bits per heavy atom. The van der Waals surface area contributed by atoms with Crippen LogP contribution in [0, 0.1) is 10.1 Å². The number of non-ortho nitro benzene ring substituents is 1. The summed E-state index contributed by atoms with van der Waals surface area (Å²) in [5, 5.41) is 22.4. The Balaban J connectivity index is 1.32. The molecular weight excluding hydrogens is 446 g/mol. The summed E-state index contributed by atoms with van der Waals surface area (Å²) in [7, 11) is 0. The van der Waals surface area contributed by atoms with Gasteiger partial charge in [-0.25, -0.2) is 10.2 Å². The van der Waals surface area contributed by atoms with E-state index < -0.39 is 16.9 Å². The molecule has 0 saturated carbocycles. The summed E-state index contributed by atoms with van der Waals surface area (Å²) in [4.78, 5) is 34.9. The molecule has 0 aliphatic heterocycles. The fraction of sp³-hybridized carbons (Fsp3) is 0.190. The van der Waals surface area contributed by atoms with Crippen molar-refractivity contribution in [3.05, 3.63) is 82.4 Å². The Kier molecular flexibility index (Phi) is 8.76. The number of carbonyl (C=O) groups is 2. The number of nitrogens with one attached hydrogen (secondary N) is 2. The molecule has 3 aromatic rings. The van der Waals surface area contributed by atoms with Crippen molar-refractivity contribution in [1.82, 2.24) is 31.1 Å². The molecule has 2 aromatic carbocycles. The summed E-state index contributed by atoms with van der Waals surface area (Å²) in [5.41, 5.74) is 5.56. The van der Waals surface area contributed by atoms with Crippen molar-refractivity contribution in [2.75, 3.05) is 13.2 Å². The van der Waals surface area contributed by atoms with Gasteiger partial charge in [0.05, 0.1) is 18.1 Å². The number of hydrazine groups is 1. The summed E-state index contributed by atoms with van der Waals surface area (Å²) in [6.07, 6.45) is 2.47. The van der Waals surface area contributed by atoms with E-state index in [9.17, 15) is 19.7 Å². The summed E-state index contributed by atoms with van der Waals surface area (Å²) in [6.45, 7) is 0.486. The lowest BCUT2D eigenvalue weighted by Crippen LogP contribution is -2.43. The van der Waals surface area contributed by atoms with Crippen molar-refractivity contribution >= 4 is 17.7 Å². The lowest BCUT2D eigenvalue weighted by molar-refractivity contribution is -0.384. The third kappa shape index (κ3) is 7.80. The number of tetrazole rings is 1. The van der Waals surface area contributed by atoms with Crippen molar-refractivity contribution in [3.8, 4) is 11.4 Å². The number of hydrogen-bond acceptors (Lipinski definition) is 9. The highest BCUT2D eigenvalue weighted by Crippen LogP contribution is 2.19. The highest BCUT2D eigenvalue weighted by Gasteiger charge is 2.13. The number of hydrogen-bond donors (Lipinski definition) is 2. The van der Waals surface area contributed by atoms with E-state index in [2.05, 4.69) is 26.3 Å². The molecule has 0 fully saturated rings. The third-order valence-corrected chi connectivity index (χ3v) is 4.16. The van der Waals surface area contributed by atoms with Crippen LogP contribution in [0.4, 0.5) is 10.5 Å².